The molecule has 0 radical (unpaired) electrons. The van der Waals surface area contributed by atoms with Crippen molar-refractivity contribution in [2.75, 3.05) is 18.5 Å². The van der Waals surface area contributed by atoms with Crippen LogP contribution in [-0.4, -0.2) is 35.1 Å². The van der Waals surface area contributed by atoms with Gasteiger partial charge in [-0.1, -0.05) is 66.7 Å². The maximum Gasteiger partial charge on any atom is 0.294 e. The van der Waals surface area contributed by atoms with Crippen molar-refractivity contribution in [3.8, 4) is 11.5 Å². The van der Waals surface area contributed by atoms with Crippen molar-refractivity contribution in [3.63, 3.8) is 0 Å². The van der Waals surface area contributed by atoms with E-state index in [1.807, 2.05) is 73.7 Å². The Hall–Kier alpha value is -4.08. The van der Waals surface area contributed by atoms with Crippen LogP contribution in [0, 0.1) is 0 Å². The molecule has 1 fully saturated rings. The second-order valence-electron chi connectivity index (χ2n) is 8.88. The first-order valence-electron chi connectivity index (χ1n) is 12.6. The molecule has 9 heteroatoms. The third kappa shape index (κ3) is 6.21. The molecule has 3 amide bonds. The zero-order valence-electron chi connectivity index (χ0n) is 21.6. The lowest BCUT2D eigenvalue weighted by Crippen LogP contribution is -2.36. The summed E-state index contributed by atoms with van der Waals surface area (Å²) in [6, 6.07) is 26.6. The Labute approximate surface area is 244 Å². The minimum atomic E-state index is -0.526. The van der Waals surface area contributed by atoms with Gasteiger partial charge in [-0.05, 0) is 75.4 Å². The average molecular weight is 618 g/mol. The van der Waals surface area contributed by atoms with Gasteiger partial charge in [0, 0.05) is 11.1 Å². The van der Waals surface area contributed by atoms with Crippen LogP contribution in [-0.2, 0) is 16.2 Å². The van der Waals surface area contributed by atoms with Gasteiger partial charge in [0.15, 0.2) is 11.5 Å². The van der Waals surface area contributed by atoms with Crippen LogP contribution < -0.4 is 14.8 Å². The number of anilines is 1. The number of hydrogen-bond donors (Lipinski definition) is 1. The Kier molecular flexibility index (Phi) is 8.52. The lowest BCUT2D eigenvalue weighted by atomic mass is 10.1. The van der Waals surface area contributed by atoms with Gasteiger partial charge < -0.3 is 14.8 Å². The van der Waals surface area contributed by atoms with E-state index in [9.17, 15) is 14.4 Å². The molecule has 1 heterocycles. The number of ether oxygens (including phenoxy) is 2. The third-order valence-electron chi connectivity index (χ3n) is 6.09. The molecule has 0 aromatic heterocycles. The van der Waals surface area contributed by atoms with Crippen LogP contribution in [0.25, 0.3) is 16.8 Å². The molecular weight excluding hydrogens is 592 g/mol. The van der Waals surface area contributed by atoms with E-state index >= 15 is 0 Å². The second-order valence-corrected chi connectivity index (χ2v) is 10.7. The van der Waals surface area contributed by atoms with Crippen molar-refractivity contribution in [2.24, 2.45) is 0 Å². The maximum absolute atomic E-state index is 13.1. The molecule has 0 saturated carbocycles. The zero-order valence-corrected chi connectivity index (χ0v) is 24.0. The SMILES string of the molecule is CCOc1cc(/C=C2/SC(=O)N(CC(=O)Nc3cccc4ccccc34)C2=O)cc(Br)c1OCc1ccccc1. The van der Waals surface area contributed by atoms with Crippen molar-refractivity contribution in [3.05, 3.63) is 105 Å². The van der Waals surface area contributed by atoms with Crippen LogP contribution in [0.15, 0.2) is 94.3 Å². The largest absolute Gasteiger partial charge is 0.490 e. The minimum absolute atomic E-state index is 0.218. The molecule has 0 bridgehead atoms. The fourth-order valence-corrected chi connectivity index (χ4v) is 5.67. The van der Waals surface area contributed by atoms with Crippen molar-refractivity contribution >= 4 is 67.3 Å². The molecule has 5 rings (SSSR count). The first-order valence-corrected chi connectivity index (χ1v) is 14.2. The smallest absolute Gasteiger partial charge is 0.294 e. The van der Waals surface area contributed by atoms with E-state index < -0.39 is 17.1 Å². The van der Waals surface area contributed by atoms with Crippen molar-refractivity contribution in [2.45, 2.75) is 13.5 Å². The average Bonchev–Trinajstić information content (AvgIpc) is 3.20. The molecule has 7 nitrogen and oxygen atoms in total. The highest BCUT2D eigenvalue weighted by molar-refractivity contribution is 9.10. The van der Waals surface area contributed by atoms with Gasteiger partial charge in [-0.15, -0.1) is 0 Å². The number of hydrogen-bond acceptors (Lipinski definition) is 6. The van der Waals surface area contributed by atoms with Gasteiger partial charge in [0.05, 0.1) is 16.0 Å². The van der Waals surface area contributed by atoms with E-state index in [1.165, 1.54) is 0 Å². The Morgan fingerprint density at radius 2 is 1.73 bits per heavy atom. The highest BCUT2D eigenvalue weighted by Gasteiger charge is 2.36. The monoisotopic (exact) mass is 616 g/mol. The highest BCUT2D eigenvalue weighted by atomic mass is 79.9. The number of thioether (sulfide) groups is 1. The van der Waals surface area contributed by atoms with Crippen LogP contribution in [0.5, 0.6) is 11.5 Å². The summed E-state index contributed by atoms with van der Waals surface area (Å²) in [5.41, 5.74) is 2.28. The summed E-state index contributed by atoms with van der Waals surface area (Å²) >= 11 is 4.35. The van der Waals surface area contributed by atoms with E-state index in [0.29, 0.717) is 40.4 Å². The Balaban J connectivity index is 1.31. The fraction of sp³-hybridized carbons (Fsp3) is 0.129. The number of nitrogens with zero attached hydrogens (tertiary/aromatic N) is 1. The molecule has 0 unspecified atom stereocenters. The second kappa shape index (κ2) is 12.4. The number of carbonyl (C=O) groups excluding carboxylic acids is 3. The summed E-state index contributed by atoms with van der Waals surface area (Å²) in [5, 5.41) is 4.17. The molecule has 1 aliphatic heterocycles. The van der Waals surface area contributed by atoms with Crippen LogP contribution >= 0.6 is 27.7 Å². The van der Waals surface area contributed by atoms with Gasteiger partial charge >= 0.3 is 0 Å². The Bertz CT molecular complexity index is 1620. The van der Waals surface area contributed by atoms with E-state index in [0.717, 1.165) is 33.0 Å². The topological polar surface area (TPSA) is 84.9 Å². The van der Waals surface area contributed by atoms with Crippen LogP contribution in [0.2, 0.25) is 0 Å². The molecule has 40 heavy (non-hydrogen) atoms. The van der Waals surface area contributed by atoms with Crippen molar-refractivity contribution < 1.29 is 23.9 Å². The van der Waals surface area contributed by atoms with Crippen molar-refractivity contribution in [1.82, 2.24) is 4.90 Å². The summed E-state index contributed by atoms with van der Waals surface area (Å²) < 4.78 is 12.5. The zero-order chi connectivity index (χ0) is 28.1. The molecule has 0 aliphatic carbocycles. The van der Waals surface area contributed by atoms with Crippen molar-refractivity contribution in [1.29, 1.82) is 0 Å². The molecule has 1 aliphatic rings. The Morgan fingerprint density at radius 3 is 2.52 bits per heavy atom. The van der Waals surface area contributed by atoms with Crippen LogP contribution in [0.1, 0.15) is 18.1 Å². The van der Waals surface area contributed by atoms with E-state index in [-0.39, 0.29) is 11.4 Å². The number of carbonyl (C=O) groups is 3. The number of fused-ring (bicyclic) bond motifs is 1. The first-order chi connectivity index (χ1) is 19.4. The maximum atomic E-state index is 13.1. The molecule has 4 aromatic rings. The summed E-state index contributed by atoms with van der Waals surface area (Å²) in [6.07, 6.45) is 1.61. The number of benzene rings is 4. The molecule has 202 valence electrons. The van der Waals surface area contributed by atoms with Gasteiger partial charge in [-0.25, -0.2) is 0 Å². The molecule has 0 atom stereocenters. The number of amides is 3. The predicted octanol–water partition coefficient (Wildman–Crippen LogP) is 7.26. The molecular formula is C31H25BrN2O5S. The quantitative estimate of drug-likeness (QED) is 0.199. The minimum Gasteiger partial charge on any atom is -0.490 e. The lowest BCUT2D eigenvalue weighted by Gasteiger charge is -2.15. The van der Waals surface area contributed by atoms with E-state index in [4.69, 9.17) is 9.47 Å². The predicted molar refractivity (Wildman–Crippen MR) is 161 cm³/mol. The molecule has 4 aromatic carbocycles. The normalized spacial score (nSPS) is 14.2. The Morgan fingerprint density at radius 1 is 0.975 bits per heavy atom. The van der Waals surface area contributed by atoms with Crippen LogP contribution in [0.3, 0.4) is 0 Å². The number of imide groups is 1. The lowest BCUT2D eigenvalue weighted by molar-refractivity contribution is -0.127. The highest BCUT2D eigenvalue weighted by Crippen LogP contribution is 2.39. The molecule has 0 spiro atoms. The van der Waals surface area contributed by atoms with Crippen LogP contribution in [0.4, 0.5) is 10.5 Å². The summed E-state index contributed by atoms with van der Waals surface area (Å²) in [4.78, 5) is 39.8. The van der Waals surface area contributed by atoms with Gasteiger partial charge in [0.1, 0.15) is 13.2 Å². The van der Waals surface area contributed by atoms with Gasteiger partial charge in [0.2, 0.25) is 5.91 Å². The molecule has 1 N–H and O–H groups in total. The number of nitrogens with one attached hydrogen (secondary N) is 1. The summed E-state index contributed by atoms with van der Waals surface area (Å²) in [5.74, 6) is 0.0663. The van der Waals surface area contributed by atoms with Gasteiger partial charge in [0.25, 0.3) is 11.1 Å². The van der Waals surface area contributed by atoms with E-state index in [1.54, 1.807) is 24.3 Å². The standard InChI is InChI=1S/C31H25BrN2O5S/c1-2-38-26-16-21(15-24(32)29(26)39-19-20-9-4-3-5-10-20)17-27-30(36)34(31(37)40-27)18-28(35)33-25-14-8-12-22-11-6-7-13-23(22)25/h3-17H,2,18-19H2,1H3,(H,33,35)/b27-17+. The van der Waals surface area contributed by atoms with E-state index in [2.05, 4.69) is 21.2 Å². The molecule has 1 saturated heterocycles. The van der Waals surface area contributed by atoms with Gasteiger partial charge in [-0.3, -0.25) is 19.3 Å². The summed E-state index contributed by atoms with van der Waals surface area (Å²) in [6.45, 7) is 2.26. The van der Waals surface area contributed by atoms with Gasteiger partial charge in [-0.2, -0.15) is 0 Å². The number of rotatable bonds is 9. The third-order valence-corrected chi connectivity index (χ3v) is 7.59. The fourth-order valence-electron chi connectivity index (χ4n) is 4.26. The summed E-state index contributed by atoms with van der Waals surface area (Å²) in [7, 11) is 0. The first kappa shape index (κ1) is 27.5. The number of halogens is 1.